The van der Waals surface area contributed by atoms with Crippen LogP contribution in [0.4, 0.5) is 0 Å². The molecule has 1 aromatic rings. The quantitative estimate of drug-likeness (QED) is 0.861. The highest BCUT2D eigenvalue weighted by Crippen LogP contribution is 2.38. The number of rotatable bonds is 4. The van der Waals surface area contributed by atoms with Gasteiger partial charge in [0.25, 0.3) is 0 Å². The zero-order valence-corrected chi connectivity index (χ0v) is 9.25. The van der Waals surface area contributed by atoms with E-state index in [2.05, 4.69) is 0 Å². The Morgan fingerprint density at radius 3 is 2.73 bits per heavy atom. The Morgan fingerprint density at radius 1 is 1.40 bits per heavy atom. The molecule has 82 valence electrons. The van der Waals surface area contributed by atoms with Gasteiger partial charge in [0.05, 0.1) is 18.7 Å². The van der Waals surface area contributed by atoms with Crippen molar-refractivity contribution < 1.29 is 14.6 Å². The van der Waals surface area contributed by atoms with Gasteiger partial charge in [-0.3, -0.25) is 0 Å². The van der Waals surface area contributed by atoms with Gasteiger partial charge >= 0.3 is 0 Å². The van der Waals surface area contributed by atoms with E-state index in [1.807, 2.05) is 0 Å². The molecule has 1 fully saturated rings. The zero-order valence-electron chi connectivity index (χ0n) is 8.50. The fourth-order valence-electron chi connectivity index (χ4n) is 1.29. The minimum atomic E-state index is 0.00675. The van der Waals surface area contributed by atoms with Crippen LogP contribution in [0.25, 0.3) is 0 Å². The first-order valence-electron chi connectivity index (χ1n) is 4.90. The van der Waals surface area contributed by atoms with Crippen LogP contribution in [-0.4, -0.2) is 18.8 Å². The molecule has 1 aliphatic rings. The van der Waals surface area contributed by atoms with E-state index in [-0.39, 0.29) is 10.8 Å². The van der Waals surface area contributed by atoms with Crippen molar-refractivity contribution >= 4 is 11.6 Å². The molecule has 1 aliphatic carbocycles. The molecule has 0 saturated heterocycles. The van der Waals surface area contributed by atoms with E-state index in [9.17, 15) is 5.11 Å². The summed E-state index contributed by atoms with van der Waals surface area (Å²) in [6, 6.07) is 3.04. The van der Waals surface area contributed by atoms with E-state index in [4.69, 9.17) is 21.1 Å². The number of benzene rings is 1. The summed E-state index contributed by atoms with van der Waals surface area (Å²) in [5.41, 5.74) is 0. The molecule has 15 heavy (non-hydrogen) atoms. The van der Waals surface area contributed by atoms with Gasteiger partial charge in [-0.2, -0.15) is 0 Å². The Labute approximate surface area is 93.6 Å². The first-order chi connectivity index (χ1) is 7.20. The zero-order chi connectivity index (χ0) is 10.8. The lowest BCUT2D eigenvalue weighted by Crippen LogP contribution is -2.00. The maximum Gasteiger partial charge on any atom is 0.164 e. The Balaban J connectivity index is 2.15. The van der Waals surface area contributed by atoms with Gasteiger partial charge in [-0.05, 0) is 18.8 Å². The summed E-state index contributed by atoms with van der Waals surface area (Å²) in [6.07, 6.45) is 2.46. The molecule has 0 aliphatic heterocycles. The van der Waals surface area contributed by atoms with Crippen LogP contribution in [0.2, 0.25) is 5.02 Å². The minimum Gasteiger partial charge on any atom is -0.506 e. The summed E-state index contributed by atoms with van der Waals surface area (Å²) in [6.45, 7) is 0.692. The molecule has 4 heteroatoms. The lowest BCUT2D eigenvalue weighted by molar-refractivity contribution is 0.279. The first kappa shape index (κ1) is 10.4. The van der Waals surface area contributed by atoms with E-state index in [0.717, 1.165) is 0 Å². The van der Waals surface area contributed by atoms with Crippen LogP contribution < -0.4 is 9.47 Å². The van der Waals surface area contributed by atoms with Gasteiger partial charge in [-0.15, -0.1) is 0 Å². The molecule has 1 aromatic carbocycles. The Kier molecular flexibility index (Phi) is 2.91. The molecular formula is C11H13ClO3. The smallest absolute Gasteiger partial charge is 0.164 e. The highest BCUT2D eigenvalue weighted by atomic mass is 35.5. The van der Waals surface area contributed by atoms with Gasteiger partial charge in [-0.25, -0.2) is 0 Å². The number of aromatic hydroxyl groups is 1. The van der Waals surface area contributed by atoms with E-state index >= 15 is 0 Å². The van der Waals surface area contributed by atoms with E-state index < -0.39 is 0 Å². The number of ether oxygens (including phenoxy) is 2. The van der Waals surface area contributed by atoms with Gasteiger partial charge in [0.15, 0.2) is 11.5 Å². The topological polar surface area (TPSA) is 38.7 Å². The maximum atomic E-state index is 9.38. The lowest BCUT2D eigenvalue weighted by Gasteiger charge is -2.11. The second-order valence-corrected chi connectivity index (χ2v) is 4.12. The number of hydrogen-bond donors (Lipinski definition) is 1. The molecule has 0 radical (unpaired) electrons. The molecule has 0 spiro atoms. The SMILES string of the molecule is COc1cc(O)c(Cl)cc1OCC1CC1. The lowest BCUT2D eigenvalue weighted by atomic mass is 10.3. The molecule has 0 heterocycles. The molecule has 3 nitrogen and oxygen atoms in total. The van der Waals surface area contributed by atoms with Gasteiger partial charge in [0, 0.05) is 12.1 Å². The summed E-state index contributed by atoms with van der Waals surface area (Å²) in [5, 5.41) is 9.66. The van der Waals surface area contributed by atoms with E-state index in [1.54, 1.807) is 6.07 Å². The largest absolute Gasteiger partial charge is 0.506 e. The minimum absolute atomic E-state index is 0.00675. The Hall–Kier alpha value is -1.09. The van der Waals surface area contributed by atoms with Crippen LogP contribution in [0.5, 0.6) is 17.2 Å². The van der Waals surface area contributed by atoms with Crippen molar-refractivity contribution in [2.75, 3.05) is 13.7 Å². The summed E-state index contributed by atoms with van der Waals surface area (Å²) >= 11 is 5.79. The molecule has 2 rings (SSSR count). The number of halogens is 1. The Bertz CT molecular complexity index is 361. The highest BCUT2D eigenvalue weighted by molar-refractivity contribution is 6.32. The van der Waals surface area contributed by atoms with Crippen LogP contribution in [0, 0.1) is 5.92 Å². The van der Waals surface area contributed by atoms with Gasteiger partial charge in [0.1, 0.15) is 5.75 Å². The molecule has 0 unspecified atom stereocenters. The van der Waals surface area contributed by atoms with Crippen molar-refractivity contribution in [2.45, 2.75) is 12.8 Å². The van der Waals surface area contributed by atoms with Crippen LogP contribution in [-0.2, 0) is 0 Å². The van der Waals surface area contributed by atoms with E-state index in [1.165, 1.54) is 26.0 Å². The number of methoxy groups -OCH3 is 1. The third kappa shape index (κ3) is 2.48. The van der Waals surface area contributed by atoms with Gasteiger partial charge in [0.2, 0.25) is 0 Å². The third-order valence-corrected chi connectivity index (χ3v) is 2.71. The summed E-state index contributed by atoms with van der Waals surface area (Å²) in [7, 11) is 1.53. The van der Waals surface area contributed by atoms with Gasteiger partial charge < -0.3 is 14.6 Å². The van der Waals surface area contributed by atoms with Crippen molar-refractivity contribution in [3.8, 4) is 17.2 Å². The predicted octanol–water partition coefficient (Wildman–Crippen LogP) is 2.84. The van der Waals surface area contributed by atoms with Crippen LogP contribution in [0.15, 0.2) is 12.1 Å². The van der Waals surface area contributed by atoms with Crippen molar-refractivity contribution in [3.63, 3.8) is 0 Å². The van der Waals surface area contributed by atoms with Crippen LogP contribution >= 0.6 is 11.6 Å². The molecule has 0 atom stereocenters. The second-order valence-electron chi connectivity index (χ2n) is 3.71. The van der Waals surface area contributed by atoms with Crippen molar-refractivity contribution in [1.29, 1.82) is 0 Å². The second kappa shape index (κ2) is 4.19. The fourth-order valence-corrected chi connectivity index (χ4v) is 1.44. The normalized spacial score (nSPS) is 15.1. The standard InChI is InChI=1S/C11H13ClO3/c1-14-10-5-9(13)8(12)4-11(10)15-6-7-2-3-7/h4-5,7,13H,2-3,6H2,1H3. The van der Waals surface area contributed by atoms with E-state index in [0.29, 0.717) is 24.0 Å². The fraction of sp³-hybridized carbons (Fsp3) is 0.455. The molecule has 0 aromatic heterocycles. The third-order valence-electron chi connectivity index (χ3n) is 2.40. The van der Waals surface area contributed by atoms with Crippen LogP contribution in [0.3, 0.4) is 0 Å². The van der Waals surface area contributed by atoms with Gasteiger partial charge in [-0.1, -0.05) is 11.6 Å². The number of hydrogen-bond acceptors (Lipinski definition) is 3. The molecule has 0 amide bonds. The predicted molar refractivity (Wildman–Crippen MR) is 57.9 cm³/mol. The molecule has 1 saturated carbocycles. The number of phenolic OH excluding ortho intramolecular Hbond substituents is 1. The number of phenols is 1. The summed E-state index contributed by atoms with van der Waals surface area (Å²) in [4.78, 5) is 0. The molecular weight excluding hydrogens is 216 g/mol. The average molecular weight is 229 g/mol. The monoisotopic (exact) mass is 228 g/mol. The Morgan fingerprint density at radius 2 is 2.13 bits per heavy atom. The molecule has 1 N–H and O–H groups in total. The summed E-state index contributed by atoms with van der Waals surface area (Å²) < 4.78 is 10.7. The van der Waals surface area contributed by atoms with Crippen molar-refractivity contribution in [3.05, 3.63) is 17.2 Å². The summed E-state index contributed by atoms with van der Waals surface area (Å²) in [5.74, 6) is 1.78. The molecule has 0 bridgehead atoms. The van der Waals surface area contributed by atoms with Crippen molar-refractivity contribution in [2.24, 2.45) is 5.92 Å². The van der Waals surface area contributed by atoms with Crippen LogP contribution in [0.1, 0.15) is 12.8 Å². The highest BCUT2D eigenvalue weighted by Gasteiger charge is 2.22. The maximum absolute atomic E-state index is 9.38. The first-order valence-corrected chi connectivity index (χ1v) is 5.28. The average Bonchev–Trinajstić information content (AvgIpc) is 3.03. The van der Waals surface area contributed by atoms with Crippen molar-refractivity contribution in [1.82, 2.24) is 0 Å².